The van der Waals surface area contributed by atoms with Crippen LogP contribution in [0.2, 0.25) is 0 Å². The first-order valence-electron chi connectivity index (χ1n) is 3.67. The van der Waals surface area contributed by atoms with Gasteiger partial charge in [0, 0.05) is 6.04 Å². The van der Waals surface area contributed by atoms with Crippen LogP contribution < -0.4 is 5.32 Å². The molecule has 9 heavy (non-hydrogen) atoms. The Morgan fingerprint density at radius 2 is 2.22 bits per heavy atom. The lowest BCUT2D eigenvalue weighted by atomic mass is 10.0. The second-order valence-corrected chi connectivity index (χ2v) is 2.56. The van der Waals surface area contributed by atoms with Crippen LogP contribution in [0, 0.1) is 0 Å². The molecule has 0 bridgehead atoms. The molecule has 0 spiro atoms. The van der Waals surface area contributed by atoms with Crippen molar-refractivity contribution in [3.8, 4) is 0 Å². The molecule has 1 N–H and O–H groups in total. The van der Waals surface area contributed by atoms with E-state index in [9.17, 15) is 0 Å². The maximum absolute atomic E-state index is 3.47. The summed E-state index contributed by atoms with van der Waals surface area (Å²) in [6.07, 6.45) is 5.53. The Bertz CT molecular complexity index is 59.9. The van der Waals surface area contributed by atoms with E-state index in [4.69, 9.17) is 0 Å². The van der Waals surface area contributed by atoms with Gasteiger partial charge in [-0.05, 0) is 25.8 Å². The maximum atomic E-state index is 3.47. The Kier molecular flexibility index (Phi) is 5.50. The van der Waals surface area contributed by atoms with Gasteiger partial charge in [-0.1, -0.05) is 13.3 Å². The molecule has 1 unspecified atom stereocenters. The predicted molar refractivity (Wildman–Crippen MR) is 46.3 cm³/mol. The third kappa shape index (κ3) is 3.21. The Morgan fingerprint density at radius 3 is 2.56 bits per heavy atom. The molecule has 1 rings (SSSR count). The summed E-state index contributed by atoms with van der Waals surface area (Å²) in [7, 11) is 0. The Labute approximate surface area is 68.0 Å². The van der Waals surface area contributed by atoms with Crippen molar-refractivity contribution < 1.29 is 0 Å². The van der Waals surface area contributed by atoms with E-state index in [0.29, 0.717) is 0 Å². The molecule has 1 nitrogen and oxygen atoms in total. The lowest BCUT2D eigenvalue weighted by Gasteiger charge is -2.21. The molecule has 2 heteroatoms. The first-order chi connectivity index (χ1) is 3.93. The SMILES string of the molecule is Br.CCC1CCCCN1. The summed E-state index contributed by atoms with van der Waals surface area (Å²) in [5.41, 5.74) is 0. The fourth-order valence-electron chi connectivity index (χ4n) is 1.27. The fraction of sp³-hybridized carbons (Fsp3) is 1.00. The van der Waals surface area contributed by atoms with Gasteiger partial charge in [-0.2, -0.15) is 0 Å². The average molecular weight is 194 g/mol. The Morgan fingerprint density at radius 1 is 1.44 bits per heavy atom. The molecule has 0 radical (unpaired) electrons. The van der Waals surface area contributed by atoms with Crippen LogP contribution in [-0.4, -0.2) is 12.6 Å². The minimum absolute atomic E-state index is 0. The first kappa shape index (κ1) is 9.44. The fourth-order valence-corrected chi connectivity index (χ4v) is 1.27. The zero-order chi connectivity index (χ0) is 5.82. The van der Waals surface area contributed by atoms with E-state index in [1.165, 1.54) is 32.2 Å². The summed E-state index contributed by atoms with van der Waals surface area (Å²) in [6, 6.07) is 0.837. The van der Waals surface area contributed by atoms with Crippen LogP contribution in [0.4, 0.5) is 0 Å². The van der Waals surface area contributed by atoms with E-state index in [-0.39, 0.29) is 17.0 Å². The number of hydrogen-bond donors (Lipinski definition) is 1. The highest BCUT2D eigenvalue weighted by Crippen LogP contribution is 2.08. The Hall–Kier alpha value is 0.440. The molecule has 0 aliphatic carbocycles. The number of hydrogen-bond acceptors (Lipinski definition) is 1. The zero-order valence-electron chi connectivity index (χ0n) is 6.02. The van der Waals surface area contributed by atoms with Gasteiger partial charge in [0.15, 0.2) is 0 Å². The minimum atomic E-state index is 0. The molecule has 0 aromatic heterocycles. The normalized spacial score (nSPS) is 27.0. The average Bonchev–Trinajstić information content (AvgIpc) is 1.90. The summed E-state index contributed by atoms with van der Waals surface area (Å²) in [5, 5.41) is 3.47. The molecule has 0 saturated carbocycles. The zero-order valence-corrected chi connectivity index (χ0v) is 7.73. The van der Waals surface area contributed by atoms with Crippen molar-refractivity contribution in [2.75, 3.05) is 6.54 Å². The van der Waals surface area contributed by atoms with Gasteiger partial charge in [-0.3, -0.25) is 0 Å². The van der Waals surface area contributed by atoms with Crippen molar-refractivity contribution in [3.05, 3.63) is 0 Å². The summed E-state index contributed by atoms with van der Waals surface area (Å²) >= 11 is 0. The quantitative estimate of drug-likeness (QED) is 0.674. The molecule has 0 aromatic rings. The molecule has 56 valence electrons. The second kappa shape index (κ2) is 5.24. The molecule has 1 saturated heterocycles. The van der Waals surface area contributed by atoms with E-state index >= 15 is 0 Å². The number of rotatable bonds is 1. The number of halogens is 1. The third-order valence-corrected chi connectivity index (χ3v) is 1.91. The Balaban J connectivity index is 0.000000640. The van der Waals surface area contributed by atoms with Crippen LogP contribution in [0.3, 0.4) is 0 Å². The van der Waals surface area contributed by atoms with Crippen molar-refractivity contribution in [1.82, 2.24) is 5.32 Å². The van der Waals surface area contributed by atoms with E-state index in [0.717, 1.165) is 6.04 Å². The van der Waals surface area contributed by atoms with E-state index in [1.54, 1.807) is 0 Å². The number of piperidine rings is 1. The van der Waals surface area contributed by atoms with Crippen molar-refractivity contribution in [3.63, 3.8) is 0 Å². The van der Waals surface area contributed by atoms with Crippen LogP contribution in [0.5, 0.6) is 0 Å². The monoisotopic (exact) mass is 193 g/mol. The smallest absolute Gasteiger partial charge is 0.00644 e. The molecule has 1 fully saturated rings. The van der Waals surface area contributed by atoms with Gasteiger partial charge in [0.1, 0.15) is 0 Å². The van der Waals surface area contributed by atoms with Gasteiger partial charge < -0.3 is 5.32 Å². The van der Waals surface area contributed by atoms with Gasteiger partial charge in [0.2, 0.25) is 0 Å². The third-order valence-electron chi connectivity index (χ3n) is 1.91. The summed E-state index contributed by atoms with van der Waals surface area (Å²) in [4.78, 5) is 0. The maximum Gasteiger partial charge on any atom is 0.00644 e. The van der Waals surface area contributed by atoms with Crippen LogP contribution in [0.15, 0.2) is 0 Å². The molecule has 0 aromatic carbocycles. The molecule has 0 amide bonds. The summed E-state index contributed by atoms with van der Waals surface area (Å²) in [6.45, 7) is 3.50. The highest BCUT2D eigenvalue weighted by molar-refractivity contribution is 8.93. The van der Waals surface area contributed by atoms with Crippen molar-refractivity contribution >= 4 is 17.0 Å². The topological polar surface area (TPSA) is 12.0 Å². The van der Waals surface area contributed by atoms with Gasteiger partial charge in [0.05, 0.1) is 0 Å². The van der Waals surface area contributed by atoms with Gasteiger partial charge >= 0.3 is 0 Å². The van der Waals surface area contributed by atoms with Crippen LogP contribution in [0.25, 0.3) is 0 Å². The minimum Gasteiger partial charge on any atom is -0.314 e. The first-order valence-corrected chi connectivity index (χ1v) is 3.67. The van der Waals surface area contributed by atoms with Gasteiger partial charge in [-0.15, -0.1) is 17.0 Å². The van der Waals surface area contributed by atoms with E-state index in [1.807, 2.05) is 0 Å². The van der Waals surface area contributed by atoms with Crippen molar-refractivity contribution in [1.29, 1.82) is 0 Å². The highest BCUT2D eigenvalue weighted by atomic mass is 79.9. The molecule has 1 heterocycles. The molecule has 1 aliphatic rings. The van der Waals surface area contributed by atoms with Gasteiger partial charge in [-0.25, -0.2) is 0 Å². The lowest BCUT2D eigenvalue weighted by Crippen LogP contribution is -2.32. The van der Waals surface area contributed by atoms with Crippen molar-refractivity contribution in [2.45, 2.75) is 38.6 Å². The standard InChI is InChI=1S/C7H15N.BrH/c1-2-7-5-3-4-6-8-7;/h7-8H,2-6H2,1H3;1H. The molecule has 1 atom stereocenters. The summed E-state index contributed by atoms with van der Waals surface area (Å²) in [5.74, 6) is 0. The molecular formula is C7H16BrN. The lowest BCUT2D eigenvalue weighted by molar-refractivity contribution is 0.393. The largest absolute Gasteiger partial charge is 0.314 e. The van der Waals surface area contributed by atoms with Crippen LogP contribution >= 0.6 is 17.0 Å². The molecule has 1 aliphatic heterocycles. The predicted octanol–water partition coefficient (Wildman–Crippen LogP) is 2.12. The van der Waals surface area contributed by atoms with Crippen molar-refractivity contribution in [2.24, 2.45) is 0 Å². The van der Waals surface area contributed by atoms with E-state index < -0.39 is 0 Å². The summed E-state index contributed by atoms with van der Waals surface area (Å²) < 4.78 is 0. The second-order valence-electron chi connectivity index (χ2n) is 2.56. The van der Waals surface area contributed by atoms with Gasteiger partial charge in [0.25, 0.3) is 0 Å². The highest BCUT2D eigenvalue weighted by Gasteiger charge is 2.08. The molecular weight excluding hydrogens is 178 g/mol. The van der Waals surface area contributed by atoms with Crippen LogP contribution in [-0.2, 0) is 0 Å². The number of nitrogens with one attached hydrogen (secondary N) is 1. The van der Waals surface area contributed by atoms with E-state index in [2.05, 4.69) is 12.2 Å². The van der Waals surface area contributed by atoms with Crippen LogP contribution in [0.1, 0.15) is 32.6 Å².